The molecule has 1 atom stereocenters. The third-order valence-corrected chi connectivity index (χ3v) is 2.98. The van der Waals surface area contributed by atoms with Gasteiger partial charge < -0.3 is 0 Å². The number of halogens is 1. The number of hydrogen-bond donors (Lipinski definition) is 0. The van der Waals surface area contributed by atoms with Gasteiger partial charge in [-0.05, 0) is 24.7 Å². The maximum absolute atomic E-state index is 5.86. The normalized spacial score (nSPS) is 13.3. The predicted molar refractivity (Wildman–Crippen MR) is 57.7 cm³/mol. The fourth-order valence-corrected chi connectivity index (χ4v) is 1.80. The first-order valence-corrected chi connectivity index (χ1v) is 5.48. The molecule has 1 unspecified atom stereocenters. The van der Waals surface area contributed by atoms with Crippen molar-refractivity contribution in [2.75, 3.05) is 5.88 Å². The summed E-state index contributed by atoms with van der Waals surface area (Å²) < 4.78 is 0. The van der Waals surface area contributed by atoms with Crippen LogP contribution in [0.5, 0.6) is 0 Å². The molecule has 0 aromatic rings. The van der Waals surface area contributed by atoms with Crippen LogP contribution in [0.2, 0.25) is 0 Å². The summed E-state index contributed by atoms with van der Waals surface area (Å²) >= 11 is 5.86. The van der Waals surface area contributed by atoms with Crippen molar-refractivity contribution < 1.29 is 0 Å². The van der Waals surface area contributed by atoms with E-state index in [1.165, 1.54) is 19.3 Å². The van der Waals surface area contributed by atoms with Gasteiger partial charge in [-0.2, -0.15) is 0 Å². The van der Waals surface area contributed by atoms with Gasteiger partial charge in [0.05, 0.1) is 0 Å². The highest BCUT2D eigenvalue weighted by atomic mass is 35.5. The van der Waals surface area contributed by atoms with Gasteiger partial charge in [0, 0.05) is 5.88 Å². The SMILES string of the molecule is C=CCC(CCl)CC(CC)CC. The Bertz CT molecular complexity index is 106. The molecule has 12 heavy (non-hydrogen) atoms. The zero-order valence-corrected chi connectivity index (χ0v) is 9.11. The summed E-state index contributed by atoms with van der Waals surface area (Å²) in [6, 6.07) is 0. The van der Waals surface area contributed by atoms with Gasteiger partial charge in [-0.25, -0.2) is 0 Å². The van der Waals surface area contributed by atoms with E-state index in [-0.39, 0.29) is 0 Å². The highest BCUT2D eigenvalue weighted by Gasteiger charge is 2.11. The van der Waals surface area contributed by atoms with Crippen LogP contribution in [0.1, 0.15) is 39.5 Å². The van der Waals surface area contributed by atoms with Gasteiger partial charge in [-0.15, -0.1) is 18.2 Å². The van der Waals surface area contributed by atoms with Gasteiger partial charge in [0.1, 0.15) is 0 Å². The van der Waals surface area contributed by atoms with E-state index >= 15 is 0 Å². The van der Waals surface area contributed by atoms with E-state index in [1.54, 1.807) is 0 Å². The van der Waals surface area contributed by atoms with Gasteiger partial charge >= 0.3 is 0 Å². The molecule has 0 bridgehead atoms. The zero-order valence-electron chi connectivity index (χ0n) is 8.35. The van der Waals surface area contributed by atoms with Crippen LogP contribution >= 0.6 is 11.6 Å². The Morgan fingerprint density at radius 2 is 1.83 bits per heavy atom. The molecule has 0 rings (SSSR count). The molecule has 0 aromatic heterocycles. The van der Waals surface area contributed by atoms with Gasteiger partial charge in [0.25, 0.3) is 0 Å². The molecular formula is C11H21Cl. The third kappa shape index (κ3) is 4.82. The second-order valence-corrected chi connectivity index (χ2v) is 3.77. The fourth-order valence-electron chi connectivity index (χ4n) is 1.55. The summed E-state index contributed by atoms with van der Waals surface area (Å²) in [4.78, 5) is 0. The number of rotatable bonds is 7. The van der Waals surface area contributed by atoms with Crippen molar-refractivity contribution in [1.29, 1.82) is 0 Å². The first kappa shape index (κ1) is 12.0. The Balaban J connectivity index is 3.73. The minimum atomic E-state index is 0.647. The Kier molecular flexibility index (Phi) is 7.69. The minimum absolute atomic E-state index is 0.647. The quantitative estimate of drug-likeness (QED) is 0.414. The molecule has 0 aliphatic carbocycles. The molecule has 0 saturated heterocycles. The average Bonchev–Trinajstić information content (AvgIpc) is 2.12. The molecule has 0 saturated carbocycles. The van der Waals surface area contributed by atoms with Crippen LogP contribution in [-0.2, 0) is 0 Å². The van der Waals surface area contributed by atoms with Crippen molar-refractivity contribution in [2.24, 2.45) is 11.8 Å². The fraction of sp³-hybridized carbons (Fsp3) is 0.818. The smallest absolute Gasteiger partial charge is 0.0254 e. The Morgan fingerprint density at radius 3 is 2.17 bits per heavy atom. The Morgan fingerprint density at radius 1 is 1.25 bits per heavy atom. The van der Waals surface area contributed by atoms with Gasteiger partial charge in [0.15, 0.2) is 0 Å². The molecular weight excluding hydrogens is 168 g/mol. The molecule has 0 N–H and O–H groups in total. The molecule has 0 radical (unpaired) electrons. The summed E-state index contributed by atoms with van der Waals surface area (Å²) in [7, 11) is 0. The first-order valence-electron chi connectivity index (χ1n) is 4.95. The summed E-state index contributed by atoms with van der Waals surface area (Å²) in [6.45, 7) is 8.26. The maximum Gasteiger partial charge on any atom is 0.0254 e. The van der Waals surface area contributed by atoms with Crippen LogP contribution in [0.4, 0.5) is 0 Å². The van der Waals surface area contributed by atoms with E-state index in [0.29, 0.717) is 5.92 Å². The van der Waals surface area contributed by atoms with Crippen molar-refractivity contribution in [3.63, 3.8) is 0 Å². The van der Waals surface area contributed by atoms with Crippen LogP contribution in [0, 0.1) is 11.8 Å². The number of alkyl halides is 1. The molecule has 72 valence electrons. The lowest BCUT2D eigenvalue weighted by molar-refractivity contribution is 0.375. The van der Waals surface area contributed by atoms with E-state index in [1.807, 2.05) is 6.08 Å². The van der Waals surface area contributed by atoms with Crippen LogP contribution in [-0.4, -0.2) is 5.88 Å². The van der Waals surface area contributed by atoms with Crippen LogP contribution in [0.3, 0.4) is 0 Å². The molecule has 0 aliphatic heterocycles. The number of hydrogen-bond acceptors (Lipinski definition) is 0. The first-order chi connectivity index (χ1) is 5.78. The van der Waals surface area contributed by atoms with Crippen molar-refractivity contribution in [1.82, 2.24) is 0 Å². The van der Waals surface area contributed by atoms with Gasteiger partial charge in [-0.1, -0.05) is 32.8 Å². The van der Waals surface area contributed by atoms with E-state index < -0.39 is 0 Å². The van der Waals surface area contributed by atoms with Gasteiger partial charge in [-0.3, -0.25) is 0 Å². The molecule has 0 heterocycles. The summed E-state index contributed by atoms with van der Waals surface area (Å²) in [5.74, 6) is 2.28. The Hall–Kier alpha value is 0.0300. The van der Waals surface area contributed by atoms with E-state index in [2.05, 4.69) is 20.4 Å². The topological polar surface area (TPSA) is 0 Å². The average molecular weight is 189 g/mol. The Labute approximate surface area is 82.0 Å². The standard InChI is InChI=1S/C11H21Cl/c1-4-7-11(9-12)8-10(5-2)6-3/h4,10-11H,1,5-9H2,2-3H3. The summed E-state index contributed by atoms with van der Waals surface area (Å²) in [5, 5.41) is 0. The molecule has 0 amide bonds. The molecule has 1 heteroatoms. The van der Waals surface area contributed by atoms with E-state index in [0.717, 1.165) is 18.2 Å². The van der Waals surface area contributed by atoms with Crippen molar-refractivity contribution in [3.05, 3.63) is 12.7 Å². The minimum Gasteiger partial charge on any atom is -0.126 e. The van der Waals surface area contributed by atoms with Gasteiger partial charge in [0.2, 0.25) is 0 Å². The molecule has 0 nitrogen and oxygen atoms in total. The second kappa shape index (κ2) is 7.67. The van der Waals surface area contributed by atoms with Crippen LogP contribution in [0.25, 0.3) is 0 Å². The third-order valence-electron chi connectivity index (χ3n) is 2.54. The lowest BCUT2D eigenvalue weighted by Crippen LogP contribution is -2.08. The number of allylic oxidation sites excluding steroid dienone is 1. The lowest BCUT2D eigenvalue weighted by Gasteiger charge is -2.18. The highest BCUT2D eigenvalue weighted by Crippen LogP contribution is 2.22. The zero-order chi connectivity index (χ0) is 9.40. The molecule has 0 aromatic carbocycles. The monoisotopic (exact) mass is 188 g/mol. The maximum atomic E-state index is 5.86. The summed E-state index contributed by atoms with van der Waals surface area (Å²) in [5.41, 5.74) is 0. The summed E-state index contributed by atoms with van der Waals surface area (Å²) in [6.07, 6.45) is 6.88. The molecule has 0 fully saturated rings. The van der Waals surface area contributed by atoms with Crippen molar-refractivity contribution in [2.45, 2.75) is 39.5 Å². The largest absolute Gasteiger partial charge is 0.126 e. The highest BCUT2D eigenvalue weighted by molar-refractivity contribution is 6.18. The van der Waals surface area contributed by atoms with Crippen molar-refractivity contribution in [3.8, 4) is 0 Å². The van der Waals surface area contributed by atoms with E-state index in [9.17, 15) is 0 Å². The van der Waals surface area contributed by atoms with Crippen molar-refractivity contribution >= 4 is 11.6 Å². The predicted octanol–water partition coefficient (Wildman–Crippen LogP) is 4.24. The second-order valence-electron chi connectivity index (χ2n) is 3.46. The van der Waals surface area contributed by atoms with Crippen LogP contribution in [0.15, 0.2) is 12.7 Å². The lowest BCUT2D eigenvalue weighted by atomic mass is 9.90. The molecule has 0 aliphatic rings. The van der Waals surface area contributed by atoms with E-state index in [4.69, 9.17) is 11.6 Å². The van der Waals surface area contributed by atoms with Crippen LogP contribution < -0.4 is 0 Å². The molecule has 0 spiro atoms.